The molecule has 1 aromatic carbocycles. The number of benzene rings is 1. The van der Waals surface area contributed by atoms with Crippen molar-refractivity contribution in [3.05, 3.63) is 53.7 Å². The molecule has 0 amide bonds. The summed E-state index contributed by atoms with van der Waals surface area (Å²) in [6, 6.07) is 5.80. The zero-order valence-electron chi connectivity index (χ0n) is 10.9. The summed E-state index contributed by atoms with van der Waals surface area (Å²) in [5.41, 5.74) is 1.76. The number of cyclic esters (lactones) is 1. The average molecular weight is 275 g/mol. The molecule has 0 radical (unpaired) electrons. The zero-order valence-corrected chi connectivity index (χ0v) is 10.9. The third kappa shape index (κ3) is 2.20. The number of nitrogens with zero attached hydrogens (tertiary/aromatic N) is 1. The van der Waals surface area contributed by atoms with Crippen molar-refractivity contribution in [3.63, 3.8) is 0 Å². The Labute approximate surface area is 116 Å². The first-order valence-electron chi connectivity index (χ1n) is 6.41. The fourth-order valence-corrected chi connectivity index (χ4v) is 2.44. The third-order valence-corrected chi connectivity index (χ3v) is 3.38. The number of hydrogen-bond acceptors (Lipinski definition) is 4. The monoisotopic (exact) mass is 275 g/mol. The molecule has 0 N–H and O–H groups in total. The molecule has 0 atom stereocenters. The molecular weight excluding hydrogens is 261 g/mol. The van der Waals surface area contributed by atoms with Gasteiger partial charge in [-0.2, -0.15) is 0 Å². The predicted molar refractivity (Wildman–Crippen MR) is 70.9 cm³/mol. The van der Waals surface area contributed by atoms with Crippen molar-refractivity contribution in [2.45, 2.75) is 0 Å². The van der Waals surface area contributed by atoms with Gasteiger partial charge < -0.3 is 14.4 Å². The van der Waals surface area contributed by atoms with E-state index >= 15 is 0 Å². The molecule has 0 aliphatic carbocycles. The Morgan fingerprint density at radius 3 is 2.45 bits per heavy atom. The van der Waals surface area contributed by atoms with Gasteiger partial charge in [-0.25, -0.2) is 9.18 Å². The molecule has 4 nitrogen and oxygen atoms in total. The van der Waals surface area contributed by atoms with Crippen LogP contribution in [0.4, 0.5) is 4.39 Å². The molecule has 1 fully saturated rings. The van der Waals surface area contributed by atoms with Crippen LogP contribution in [0.2, 0.25) is 0 Å². The Morgan fingerprint density at radius 1 is 1.15 bits per heavy atom. The van der Waals surface area contributed by atoms with E-state index in [1.807, 2.05) is 4.90 Å². The van der Waals surface area contributed by atoms with E-state index in [0.29, 0.717) is 48.9 Å². The number of rotatable bonds is 2. The highest BCUT2D eigenvalue weighted by molar-refractivity contribution is 6.20. The highest BCUT2D eigenvalue weighted by Gasteiger charge is 2.33. The van der Waals surface area contributed by atoms with Crippen LogP contribution in [0.1, 0.15) is 5.56 Å². The number of carbonyl (C=O) groups excluding carboxylic acids is 1. The minimum absolute atomic E-state index is 0.340. The second-order valence-corrected chi connectivity index (χ2v) is 4.64. The van der Waals surface area contributed by atoms with Crippen molar-refractivity contribution in [1.82, 2.24) is 4.90 Å². The standard InChI is InChI=1S/C15H14FNO3/c1-10-14(17-6-8-19-9-7-17)13(15(18)20-10)11-2-4-12(16)5-3-11/h2-5H,1,6-9H2. The number of esters is 1. The van der Waals surface area contributed by atoms with Crippen LogP contribution in [-0.4, -0.2) is 37.2 Å². The molecule has 1 saturated heterocycles. The van der Waals surface area contributed by atoms with Gasteiger partial charge in [0, 0.05) is 13.1 Å². The minimum atomic E-state index is -0.442. The lowest BCUT2D eigenvalue weighted by Gasteiger charge is -2.29. The maximum Gasteiger partial charge on any atom is 0.346 e. The highest BCUT2D eigenvalue weighted by Crippen LogP contribution is 2.34. The molecule has 20 heavy (non-hydrogen) atoms. The van der Waals surface area contributed by atoms with E-state index in [1.165, 1.54) is 12.1 Å². The summed E-state index contributed by atoms with van der Waals surface area (Å²) in [7, 11) is 0. The van der Waals surface area contributed by atoms with E-state index in [4.69, 9.17) is 9.47 Å². The lowest BCUT2D eigenvalue weighted by Crippen LogP contribution is -2.36. The van der Waals surface area contributed by atoms with Crippen LogP contribution in [0.5, 0.6) is 0 Å². The fraction of sp³-hybridized carbons (Fsp3) is 0.267. The second kappa shape index (κ2) is 5.09. The van der Waals surface area contributed by atoms with Crippen molar-refractivity contribution in [2.75, 3.05) is 26.3 Å². The van der Waals surface area contributed by atoms with E-state index in [2.05, 4.69) is 6.58 Å². The van der Waals surface area contributed by atoms with E-state index in [-0.39, 0.29) is 5.82 Å². The van der Waals surface area contributed by atoms with E-state index in [9.17, 15) is 9.18 Å². The Bertz CT molecular complexity index is 586. The summed E-state index contributed by atoms with van der Waals surface area (Å²) in [6.07, 6.45) is 0. The maximum absolute atomic E-state index is 13.0. The molecule has 3 rings (SSSR count). The first kappa shape index (κ1) is 12.9. The lowest BCUT2D eigenvalue weighted by molar-refractivity contribution is -0.131. The van der Waals surface area contributed by atoms with Gasteiger partial charge in [0.05, 0.1) is 24.5 Å². The average Bonchev–Trinajstić information content (AvgIpc) is 2.75. The number of hydrogen-bond donors (Lipinski definition) is 0. The Hall–Kier alpha value is -2.14. The Kier molecular flexibility index (Phi) is 3.28. The van der Waals surface area contributed by atoms with E-state index in [1.54, 1.807) is 12.1 Å². The van der Waals surface area contributed by atoms with Gasteiger partial charge in [0.2, 0.25) is 0 Å². The van der Waals surface area contributed by atoms with Gasteiger partial charge in [-0.05, 0) is 17.7 Å². The molecule has 0 unspecified atom stereocenters. The smallest absolute Gasteiger partial charge is 0.346 e. The first-order valence-corrected chi connectivity index (χ1v) is 6.41. The zero-order chi connectivity index (χ0) is 14.1. The number of carbonyl (C=O) groups is 1. The van der Waals surface area contributed by atoms with Gasteiger partial charge in [0.25, 0.3) is 0 Å². The summed E-state index contributed by atoms with van der Waals surface area (Å²) in [6.45, 7) is 6.35. The van der Waals surface area contributed by atoms with Gasteiger partial charge in [0.15, 0.2) is 0 Å². The molecule has 2 heterocycles. The van der Waals surface area contributed by atoms with Gasteiger partial charge in [-0.3, -0.25) is 0 Å². The van der Waals surface area contributed by atoms with Crippen molar-refractivity contribution >= 4 is 11.5 Å². The molecule has 5 heteroatoms. The van der Waals surface area contributed by atoms with Crippen molar-refractivity contribution in [1.29, 1.82) is 0 Å². The highest BCUT2D eigenvalue weighted by atomic mass is 19.1. The molecule has 0 bridgehead atoms. The van der Waals surface area contributed by atoms with Crippen molar-refractivity contribution < 1.29 is 18.7 Å². The normalized spacial score (nSPS) is 19.6. The lowest BCUT2D eigenvalue weighted by atomic mass is 10.0. The van der Waals surface area contributed by atoms with Gasteiger partial charge in [-0.1, -0.05) is 18.7 Å². The van der Waals surface area contributed by atoms with Crippen LogP contribution in [0.3, 0.4) is 0 Å². The molecule has 0 spiro atoms. The molecule has 0 aromatic heterocycles. The summed E-state index contributed by atoms with van der Waals surface area (Å²) in [5, 5.41) is 0. The summed E-state index contributed by atoms with van der Waals surface area (Å²) < 4.78 is 23.5. The van der Waals surface area contributed by atoms with Crippen LogP contribution in [0.25, 0.3) is 5.57 Å². The quantitative estimate of drug-likeness (QED) is 0.773. The fourth-order valence-electron chi connectivity index (χ4n) is 2.44. The SMILES string of the molecule is C=C1OC(=O)C(c2ccc(F)cc2)=C1N1CCOCC1. The molecule has 2 aliphatic heterocycles. The summed E-state index contributed by atoms with van der Waals surface area (Å²) in [5.74, 6) is -0.438. The third-order valence-electron chi connectivity index (χ3n) is 3.38. The minimum Gasteiger partial charge on any atom is -0.421 e. The number of morpholine rings is 1. The molecule has 1 aromatic rings. The molecule has 0 saturated carbocycles. The van der Waals surface area contributed by atoms with Gasteiger partial charge in [-0.15, -0.1) is 0 Å². The molecule has 2 aliphatic rings. The molecular formula is C15H14FNO3. The number of halogens is 1. The Balaban J connectivity index is 2.05. The van der Waals surface area contributed by atoms with Gasteiger partial charge >= 0.3 is 5.97 Å². The molecule has 104 valence electrons. The van der Waals surface area contributed by atoms with Crippen LogP contribution >= 0.6 is 0 Å². The maximum atomic E-state index is 13.0. The van der Waals surface area contributed by atoms with E-state index < -0.39 is 5.97 Å². The largest absolute Gasteiger partial charge is 0.421 e. The van der Waals surface area contributed by atoms with Crippen LogP contribution < -0.4 is 0 Å². The predicted octanol–water partition coefficient (Wildman–Crippen LogP) is 1.94. The van der Waals surface area contributed by atoms with Gasteiger partial charge in [0.1, 0.15) is 11.6 Å². The van der Waals surface area contributed by atoms with Crippen LogP contribution in [-0.2, 0) is 14.3 Å². The summed E-state index contributed by atoms with van der Waals surface area (Å²) in [4.78, 5) is 14.1. The van der Waals surface area contributed by atoms with Crippen molar-refractivity contribution in [2.24, 2.45) is 0 Å². The van der Waals surface area contributed by atoms with Crippen LogP contribution in [0.15, 0.2) is 42.3 Å². The second-order valence-electron chi connectivity index (χ2n) is 4.64. The number of ether oxygens (including phenoxy) is 2. The van der Waals surface area contributed by atoms with E-state index in [0.717, 1.165) is 0 Å². The Morgan fingerprint density at radius 2 is 1.80 bits per heavy atom. The van der Waals surface area contributed by atoms with Crippen LogP contribution in [0, 0.1) is 5.82 Å². The first-order chi connectivity index (χ1) is 9.66. The summed E-state index contributed by atoms with van der Waals surface area (Å²) >= 11 is 0. The van der Waals surface area contributed by atoms with Crippen molar-refractivity contribution in [3.8, 4) is 0 Å². The topological polar surface area (TPSA) is 38.8 Å².